The number of halogens is 2. The number of hydrogen-bond acceptors (Lipinski definition) is 0. The van der Waals surface area contributed by atoms with Crippen LogP contribution in [0.2, 0.25) is 13.1 Å². The molecule has 0 heterocycles. The maximum Gasteiger partial charge on any atom is 0.0881 e. The van der Waals surface area contributed by atoms with Gasteiger partial charge in [0.2, 0.25) is 0 Å². The first-order valence-corrected chi connectivity index (χ1v) is 13.0. The quantitative estimate of drug-likeness (QED) is 0.410. The van der Waals surface area contributed by atoms with Crippen molar-refractivity contribution in [1.29, 1.82) is 0 Å². The summed E-state index contributed by atoms with van der Waals surface area (Å²) in [7, 11) is -1.66. The van der Waals surface area contributed by atoms with E-state index < -0.39 is 8.07 Å². The summed E-state index contributed by atoms with van der Waals surface area (Å²) in [4.78, 5) is 0. The zero-order valence-corrected chi connectivity index (χ0v) is 18.3. The summed E-state index contributed by atoms with van der Waals surface area (Å²) in [6.07, 6.45) is 5.96. The van der Waals surface area contributed by atoms with Crippen LogP contribution in [-0.2, 0) is 0 Å². The Morgan fingerprint density at radius 2 is 1.46 bits per heavy atom. The van der Waals surface area contributed by atoms with E-state index in [-0.39, 0.29) is 0 Å². The maximum absolute atomic E-state index is 3.69. The lowest BCUT2D eigenvalue weighted by molar-refractivity contribution is 1.10. The Bertz CT molecular complexity index is 855. The van der Waals surface area contributed by atoms with E-state index in [1.54, 1.807) is 5.20 Å². The molecule has 3 heteroatoms. The van der Waals surface area contributed by atoms with E-state index in [4.69, 9.17) is 0 Å². The summed E-state index contributed by atoms with van der Waals surface area (Å²) in [5.41, 5.74) is 7.76. The zero-order chi connectivity index (χ0) is 17.1. The Kier molecular flexibility index (Phi) is 4.02. The Hall–Kier alpha value is -0.903. The number of fused-ring (bicyclic) bond motifs is 3. The number of allylic oxidation sites excluding steroid dienone is 4. The molecule has 2 aromatic rings. The van der Waals surface area contributed by atoms with Crippen molar-refractivity contribution in [2.75, 3.05) is 0 Å². The SMILES string of the molecule is CC1=CCC([Si](C)(C)C2c3cc(Br)ccc3-c3ccc(Br)cc32)=C1. The van der Waals surface area contributed by atoms with Gasteiger partial charge in [0.05, 0.1) is 8.07 Å². The third-order valence-electron chi connectivity index (χ3n) is 5.53. The van der Waals surface area contributed by atoms with Crippen molar-refractivity contribution in [3.8, 4) is 11.1 Å². The average Bonchev–Trinajstić information content (AvgIpc) is 3.08. The minimum atomic E-state index is -1.66. The lowest BCUT2D eigenvalue weighted by Crippen LogP contribution is -2.37. The molecule has 0 N–H and O–H groups in total. The van der Waals surface area contributed by atoms with Gasteiger partial charge in [-0.25, -0.2) is 0 Å². The predicted molar refractivity (Wildman–Crippen MR) is 113 cm³/mol. The number of rotatable bonds is 2. The third kappa shape index (κ3) is 2.52. The summed E-state index contributed by atoms with van der Waals surface area (Å²) in [6.45, 7) is 7.30. The van der Waals surface area contributed by atoms with Crippen LogP contribution in [0, 0.1) is 0 Å². The first-order chi connectivity index (χ1) is 11.4. The molecule has 4 rings (SSSR count). The van der Waals surface area contributed by atoms with Gasteiger partial charge in [-0.3, -0.25) is 0 Å². The van der Waals surface area contributed by atoms with Crippen LogP contribution in [0.1, 0.15) is 30.0 Å². The van der Waals surface area contributed by atoms with Gasteiger partial charge < -0.3 is 0 Å². The van der Waals surface area contributed by atoms with Crippen LogP contribution in [0.4, 0.5) is 0 Å². The monoisotopic (exact) mass is 458 g/mol. The second-order valence-corrected chi connectivity index (χ2v) is 13.9. The molecule has 0 bridgehead atoms. The van der Waals surface area contributed by atoms with Crippen molar-refractivity contribution >= 4 is 39.9 Å². The summed E-state index contributed by atoms with van der Waals surface area (Å²) >= 11 is 7.39. The maximum atomic E-state index is 3.69. The molecule has 122 valence electrons. The van der Waals surface area contributed by atoms with E-state index >= 15 is 0 Å². The minimum absolute atomic E-state index is 0.517. The summed E-state index contributed by atoms with van der Waals surface area (Å²) in [5, 5.41) is 1.67. The van der Waals surface area contributed by atoms with Crippen molar-refractivity contribution in [1.82, 2.24) is 0 Å². The van der Waals surface area contributed by atoms with Crippen LogP contribution >= 0.6 is 31.9 Å². The fourth-order valence-electron chi connectivity index (χ4n) is 4.28. The Balaban J connectivity index is 1.94. The lowest BCUT2D eigenvalue weighted by Gasteiger charge is -2.33. The first-order valence-electron chi connectivity index (χ1n) is 8.35. The smallest absolute Gasteiger partial charge is 0.0779 e. The van der Waals surface area contributed by atoms with Crippen LogP contribution in [0.15, 0.2) is 68.3 Å². The van der Waals surface area contributed by atoms with E-state index in [0.717, 1.165) is 6.42 Å². The molecule has 0 atom stereocenters. The second-order valence-electron chi connectivity index (χ2n) is 7.44. The van der Waals surface area contributed by atoms with E-state index in [9.17, 15) is 0 Å². The van der Waals surface area contributed by atoms with Crippen LogP contribution in [0.5, 0.6) is 0 Å². The molecule has 0 saturated carbocycles. The Morgan fingerprint density at radius 3 is 1.92 bits per heavy atom. The standard InChI is InChI=1S/C21H20Br2Si/c1-13-4-7-16(10-13)24(2,3)21-19-11-14(22)5-8-17(19)18-9-6-15(23)12-20(18)21/h4-6,8-12,21H,7H2,1-3H3. The topological polar surface area (TPSA) is 0 Å². The first kappa shape index (κ1) is 16.6. The van der Waals surface area contributed by atoms with Crippen molar-refractivity contribution in [2.24, 2.45) is 0 Å². The average molecular weight is 460 g/mol. The molecule has 24 heavy (non-hydrogen) atoms. The van der Waals surface area contributed by atoms with Crippen molar-refractivity contribution < 1.29 is 0 Å². The molecule has 0 nitrogen and oxygen atoms in total. The van der Waals surface area contributed by atoms with Gasteiger partial charge in [0.25, 0.3) is 0 Å². The van der Waals surface area contributed by atoms with Crippen molar-refractivity contribution in [2.45, 2.75) is 32.0 Å². The summed E-state index contributed by atoms with van der Waals surface area (Å²) in [6, 6.07) is 13.6. The molecule has 0 saturated heterocycles. The molecule has 2 aromatic carbocycles. The normalized spacial score (nSPS) is 16.7. The highest BCUT2D eigenvalue weighted by Gasteiger charge is 2.43. The number of benzene rings is 2. The molecule has 0 aliphatic heterocycles. The predicted octanol–water partition coefficient (Wildman–Crippen LogP) is 7.39. The molecule has 0 radical (unpaired) electrons. The summed E-state index contributed by atoms with van der Waals surface area (Å²) < 4.78 is 2.36. The Labute approximate surface area is 161 Å². The summed E-state index contributed by atoms with van der Waals surface area (Å²) in [5.74, 6) is 0. The lowest BCUT2D eigenvalue weighted by atomic mass is 10.1. The molecular weight excluding hydrogens is 440 g/mol. The molecule has 2 aliphatic rings. The molecule has 0 unspecified atom stereocenters. The van der Waals surface area contributed by atoms with E-state index in [2.05, 4.69) is 100 Å². The highest BCUT2D eigenvalue weighted by Crippen LogP contribution is 2.52. The Morgan fingerprint density at radius 1 is 0.917 bits per heavy atom. The highest BCUT2D eigenvalue weighted by molar-refractivity contribution is 9.10. The zero-order valence-electron chi connectivity index (χ0n) is 14.2. The van der Waals surface area contributed by atoms with Crippen molar-refractivity contribution in [3.63, 3.8) is 0 Å². The third-order valence-corrected chi connectivity index (χ3v) is 10.6. The molecule has 0 aromatic heterocycles. The van der Waals surface area contributed by atoms with Crippen LogP contribution in [0.25, 0.3) is 11.1 Å². The van der Waals surface area contributed by atoms with Gasteiger partial charge in [0.15, 0.2) is 0 Å². The van der Waals surface area contributed by atoms with Gasteiger partial charge in [0, 0.05) is 14.5 Å². The molecule has 0 spiro atoms. The second kappa shape index (κ2) is 5.82. The van der Waals surface area contributed by atoms with Crippen LogP contribution in [0.3, 0.4) is 0 Å². The van der Waals surface area contributed by atoms with Gasteiger partial charge in [-0.15, -0.1) is 0 Å². The van der Waals surface area contributed by atoms with Gasteiger partial charge >= 0.3 is 0 Å². The van der Waals surface area contributed by atoms with E-state index in [1.165, 1.54) is 36.8 Å². The molecule has 2 aliphatic carbocycles. The molecular formula is C21H20Br2Si. The van der Waals surface area contributed by atoms with Crippen LogP contribution < -0.4 is 0 Å². The molecule has 0 fully saturated rings. The fourth-order valence-corrected chi connectivity index (χ4v) is 8.67. The van der Waals surface area contributed by atoms with Crippen molar-refractivity contribution in [3.05, 3.63) is 79.4 Å². The van der Waals surface area contributed by atoms with E-state index in [0.29, 0.717) is 5.54 Å². The van der Waals surface area contributed by atoms with Gasteiger partial charge in [0.1, 0.15) is 0 Å². The van der Waals surface area contributed by atoms with Gasteiger partial charge in [-0.1, -0.05) is 80.0 Å². The van der Waals surface area contributed by atoms with Gasteiger partial charge in [-0.05, 0) is 59.9 Å². The largest absolute Gasteiger partial charge is 0.0881 e. The highest BCUT2D eigenvalue weighted by atomic mass is 79.9. The fraction of sp³-hybridized carbons (Fsp3) is 0.238. The number of hydrogen-bond donors (Lipinski definition) is 0. The molecule has 0 amide bonds. The van der Waals surface area contributed by atoms with Gasteiger partial charge in [-0.2, -0.15) is 0 Å². The van der Waals surface area contributed by atoms with Crippen LogP contribution in [-0.4, -0.2) is 8.07 Å². The minimum Gasteiger partial charge on any atom is -0.0779 e. The van der Waals surface area contributed by atoms with E-state index in [1.807, 2.05) is 0 Å².